The fraction of sp³-hybridized carbons (Fsp3) is 0.333. The van der Waals surface area contributed by atoms with E-state index in [0.717, 1.165) is 12.8 Å². The van der Waals surface area contributed by atoms with Crippen molar-refractivity contribution in [2.45, 2.75) is 18.9 Å². The zero-order chi connectivity index (χ0) is 16.1. The first-order valence-corrected chi connectivity index (χ1v) is 7.22. The van der Waals surface area contributed by atoms with Crippen LogP contribution in [0.15, 0.2) is 30.9 Å². The first-order valence-electron chi connectivity index (χ1n) is 7.22. The fourth-order valence-electron chi connectivity index (χ4n) is 2.42. The molecule has 2 aromatic rings. The van der Waals surface area contributed by atoms with Crippen LogP contribution in [0.4, 0.5) is 0 Å². The minimum absolute atomic E-state index is 0.141. The lowest BCUT2D eigenvalue weighted by atomic mass is 10.1. The van der Waals surface area contributed by atoms with Crippen LogP contribution in [-0.2, 0) is 0 Å². The monoisotopic (exact) mass is 310 g/mol. The van der Waals surface area contributed by atoms with Crippen LogP contribution < -0.4 is 4.74 Å². The summed E-state index contributed by atoms with van der Waals surface area (Å²) in [6.07, 6.45) is 7.33. The van der Waals surface area contributed by atoms with Crippen molar-refractivity contribution >= 4 is 5.91 Å². The third kappa shape index (κ3) is 3.40. The van der Waals surface area contributed by atoms with Crippen molar-refractivity contribution in [1.29, 1.82) is 5.26 Å². The minimum atomic E-state index is -0.236. The maximum absolute atomic E-state index is 12.4. The van der Waals surface area contributed by atoms with E-state index in [1.165, 1.54) is 24.8 Å². The van der Waals surface area contributed by atoms with Gasteiger partial charge in [0.25, 0.3) is 11.8 Å². The number of carbonyl (C=O) groups is 1. The summed E-state index contributed by atoms with van der Waals surface area (Å²) in [6.45, 7) is 1.03. The molecule has 1 saturated heterocycles. The third-order valence-corrected chi connectivity index (χ3v) is 3.47. The predicted molar refractivity (Wildman–Crippen MR) is 78.3 cm³/mol. The Balaban J connectivity index is 1.69. The molecule has 1 amide bonds. The quantitative estimate of drug-likeness (QED) is 0.826. The van der Waals surface area contributed by atoms with Gasteiger partial charge in [0, 0.05) is 31.3 Å². The van der Waals surface area contributed by atoms with Crippen LogP contribution in [0, 0.1) is 11.3 Å². The molecule has 1 aliphatic rings. The highest BCUT2D eigenvalue weighted by molar-refractivity contribution is 5.90. The van der Waals surface area contributed by atoms with Crippen molar-refractivity contribution in [2.24, 2.45) is 0 Å². The lowest BCUT2D eigenvalue weighted by Crippen LogP contribution is -2.45. The summed E-state index contributed by atoms with van der Waals surface area (Å²) in [4.78, 5) is 30.0. The van der Waals surface area contributed by atoms with Crippen molar-refractivity contribution in [1.82, 2.24) is 24.8 Å². The van der Waals surface area contributed by atoms with E-state index in [-0.39, 0.29) is 29.4 Å². The van der Waals surface area contributed by atoms with E-state index in [4.69, 9.17) is 10.00 Å². The molecule has 0 aromatic carbocycles. The number of hydrogen-bond acceptors (Lipinski definition) is 7. The Morgan fingerprint density at radius 3 is 2.78 bits per heavy atom. The Morgan fingerprint density at radius 2 is 2.00 bits per heavy atom. The van der Waals surface area contributed by atoms with E-state index in [1.54, 1.807) is 11.0 Å². The van der Waals surface area contributed by atoms with Gasteiger partial charge in [0.2, 0.25) is 11.5 Å². The van der Waals surface area contributed by atoms with Crippen LogP contribution in [0.3, 0.4) is 0 Å². The zero-order valence-electron chi connectivity index (χ0n) is 12.3. The average molecular weight is 310 g/mol. The van der Waals surface area contributed by atoms with Gasteiger partial charge in [-0.25, -0.2) is 19.9 Å². The second-order valence-corrected chi connectivity index (χ2v) is 5.03. The zero-order valence-corrected chi connectivity index (χ0v) is 12.3. The molecule has 23 heavy (non-hydrogen) atoms. The minimum Gasteiger partial charge on any atom is -0.470 e. The van der Waals surface area contributed by atoms with Crippen LogP contribution in [0.5, 0.6) is 5.88 Å². The first kappa shape index (κ1) is 14.8. The highest BCUT2D eigenvalue weighted by Crippen LogP contribution is 2.19. The maximum Gasteiger partial charge on any atom is 0.291 e. The number of nitrogens with zero attached hydrogens (tertiary/aromatic N) is 6. The van der Waals surface area contributed by atoms with E-state index < -0.39 is 0 Å². The van der Waals surface area contributed by atoms with Gasteiger partial charge in [-0.2, -0.15) is 5.26 Å². The van der Waals surface area contributed by atoms with E-state index in [9.17, 15) is 4.79 Å². The molecule has 0 unspecified atom stereocenters. The lowest BCUT2D eigenvalue weighted by molar-refractivity contribution is 0.0515. The highest BCUT2D eigenvalue weighted by atomic mass is 16.5. The highest BCUT2D eigenvalue weighted by Gasteiger charge is 2.27. The fourth-order valence-corrected chi connectivity index (χ4v) is 2.42. The topological polar surface area (TPSA) is 105 Å². The van der Waals surface area contributed by atoms with E-state index in [1.807, 2.05) is 6.07 Å². The van der Waals surface area contributed by atoms with Crippen molar-refractivity contribution in [3.8, 4) is 11.9 Å². The van der Waals surface area contributed by atoms with Gasteiger partial charge in [0.05, 0.1) is 6.54 Å². The first-order chi connectivity index (χ1) is 11.3. The average Bonchev–Trinajstić information content (AvgIpc) is 2.62. The van der Waals surface area contributed by atoms with Crippen LogP contribution in [0.2, 0.25) is 0 Å². The number of hydrogen-bond donors (Lipinski definition) is 0. The second-order valence-electron chi connectivity index (χ2n) is 5.03. The van der Waals surface area contributed by atoms with Gasteiger partial charge in [-0.05, 0) is 18.9 Å². The summed E-state index contributed by atoms with van der Waals surface area (Å²) in [5.74, 6) is 0.147. The van der Waals surface area contributed by atoms with Gasteiger partial charge < -0.3 is 9.64 Å². The van der Waals surface area contributed by atoms with Gasteiger partial charge in [-0.1, -0.05) is 0 Å². The smallest absolute Gasteiger partial charge is 0.291 e. The number of piperidine rings is 1. The van der Waals surface area contributed by atoms with Crippen LogP contribution >= 0.6 is 0 Å². The molecule has 1 aliphatic heterocycles. The van der Waals surface area contributed by atoms with Crippen LogP contribution in [0.1, 0.15) is 29.2 Å². The van der Waals surface area contributed by atoms with Gasteiger partial charge in [0.1, 0.15) is 12.2 Å². The van der Waals surface area contributed by atoms with Crippen LogP contribution in [-0.4, -0.2) is 49.9 Å². The third-order valence-electron chi connectivity index (χ3n) is 3.47. The van der Waals surface area contributed by atoms with Crippen molar-refractivity contribution in [3.63, 3.8) is 0 Å². The number of ether oxygens (including phenoxy) is 1. The van der Waals surface area contributed by atoms with E-state index in [0.29, 0.717) is 13.1 Å². The molecule has 3 heterocycles. The normalized spacial score (nSPS) is 17.3. The molecule has 0 aliphatic carbocycles. The summed E-state index contributed by atoms with van der Waals surface area (Å²) in [6, 6.07) is 3.61. The number of nitriles is 1. The molecule has 3 rings (SSSR count). The standard InChI is InChI=1S/C15H14N6O2/c16-9-12-14(20-7-6-17-12)23-11-3-1-8-21(10-11)15(22)13-18-4-2-5-19-13/h2,4-7,11H,1,3,8,10H2/t11-/m1/s1. The number of likely N-dealkylation sites (tertiary alicyclic amines) is 1. The molecule has 0 N–H and O–H groups in total. The molecule has 8 nitrogen and oxygen atoms in total. The molecule has 116 valence electrons. The number of carbonyl (C=O) groups excluding carboxylic acids is 1. The van der Waals surface area contributed by atoms with Gasteiger partial charge >= 0.3 is 0 Å². The summed E-state index contributed by atoms with van der Waals surface area (Å²) in [5, 5.41) is 9.02. The number of rotatable bonds is 3. The lowest BCUT2D eigenvalue weighted by Gasteiger charge is -2.32. The molecule has 0 bridgehead atoms. The Bertz CT molecular complexity index is 730. The van der Waals surface area contributed by atoms with Gasteiger partial charge in [0.15, 0.2) is 0 Å². The molecule has 0 radical (unpaired) electrons. The SMILES string of the molecule is N#Cc1nccnc1O[C@@H]1CCCN(C(=O)c2ncccn2)C1. The van der Waals surface area contributed by atoms with Crippen molar-refractivity contribution in [3.05, 3.63) is 42.4 Å². The number of amides is 1. The molecule has 0 spiro atoms. The van der Waals surface area contributed by atoms with Crippen molar-refractivity contribution < 1.29 is 9.53 Å². The largest absolute Gasteiger partial charge is 0.470 e. The summed E-state index contributed by atoms with van der Waals surface area (Å²) in [7, 11) is 0. The second kappa shape index (κ2) is 6.79. The molecule has 1 fully saturated rings. The molecular weight excluding hydrogens is 296 g/mol. The molecule has 2 aromatic heterocycles. The Morgan fingerprint density at radius 1 is 1.22 bits per heavy atom. The van der Waals surface area contributed by atoms with Gasteiger partial charge in [-0.3, -0.25) is 4.79 Å². The molecule has 0 saturated carbocycles. The van der Waals surface area contributed by atoms with E-state index >= 15 is 0 Å². The van der Waals surface area contributed by atoms with Gasteiger partial charge in [-0.15, -0.1) is 0 Å². The Kier molecular flexibility index (Phi) is 4.38. The molecule has 1 atom stereocenters. The summed E-state index contributed by atoms with van der Waals surface area (Å²) >= 11 is 0. The van der Waals surface area contributed by atoms with Crippen molar-refractivity contribution in [2.75, 3.05) is 13.1 Å². The van der Waals surface area contributed by atoms with E-state index in [2.05, 4.69) is 19.9 Å². The predicted octanol–water partition coefficient (Wildman–Crippen LogP) is 0.822. The summed E-state index contributed by atoms with van der Waals surface area (Å²) in [5.41, 5.74) is 0.141. The number of aromatic nitrogens is 4. The van der Waals surface area contributed by atoms with Crippen LogP contribution in [0.25, 0.3) is 0 Å². The summed E-state index contributed by atoms with van der Waals surface area (Å²) < 4.78 is 5.76. The Labute approximate surface area is 132 Å². The molecular formula is C15H14N6O2. The molecule has 8 heteroatoms. The Hall–Kier alpha value is -3.08. The maximum atomic E-state index is 12.4.